The molecule has 1 fully saturated rings. The van der Waals surface area contributed by atoms with Crippen LogP contribution in [0.5, 0.6) is 0 Å². The lowest BCUT2D eigenvalue weighted by Gasteiger charge is -2.34. The normalized spacial score (nSPS) is 34.3. The van der Waals surface area contributed by atoms with Crippen molar-refractivity contribution in [2.75, 3.05) is 6.61 Å². The van der Waals surface area contributed by atoms with Crippen molar-refractivity contribution in [3.8, 4) is 0 Å². The Morgan fingerprint density at radius 2 is 2.33 bits per heavy atom. The molecule has 0 spiro atoms. The van der Waals surface area contributed by atoms with Gasteiger partial charge in [-0.2, -0.15) is 0 Å². The number of ether oxygens (including phenoxy) is 1. The molecule has 1 atom stereocenters. The van der Waals surface area contributed by atoms with Gasteiger partial charge in [-0.25, -0.2) is 0 Å². The van der Waals surface area contributed by atoms with E-state index in [0.29, 0.717) is 0 Å². The van der Waals surface area contributed by atoms with Gasteiger partial charge in [0.25, 0.3) is 0 Å². The van der Waals surface area contributed by atoms with Crippen LogP contribution in [0, 0.1) is 0 Å². The van der Waals surface area contributed by atoms with Crippen molar-refractivity contribution in [3.05, 3.63) is 0 Å². The van der Waals surface area contributed by atoms with Crippen LogP contribution in [0.1, 0.15) is 20.3 Å². The van der Waals surface area contributed by atoms with E-state index in [0.717, 1.165) is 13.0 Å². The molecule has 2 nitrogen and oxygen atoms in total. The summed E-state index contributed by atoms with van der Waals surface area (Å²) >= 11 is 2.25. The van der Waals surface area contributed by atoms with E-state index < -0.39 is 0 Å². The second-order valence-corrected chi connectivity index (χ2v) is 4.10. The third kappa shape index (κ3) is 2.39. The lowest BCUT2D eigenvalue weighted by molar-refractivity contribution is 0.0232. The Hall–Kier alpha value is 0.650. The number of hydrogen-bond acceptors (Lipinski definition) is 2. The maximum Gasteiger partial charge on any atom is 0.161 e. The Labute approximate surface area is 69.5 Å². The molecule has 0 aromatic heterocycles. The first-order chi connectivity index (χ1) is 4.10. The minimum Gasteiger partial charge on any atom is -0.354 e. The topological polar surface area (TPSA) is 21.3 Å². The zero-order chi connectivity index (χ0) is 6.91. The van der Waals surface area contributed by atoms with Gasteiger partial charge in [0.15, 0.2) is 4.23 Å². The van der Waals surface area contributed by atoms with Crippen molar-refractivity contribution in [2.24, 2.45) is 0 Å². The fourth-order valence-corrected chi connectivity index (χ4v) is 1.94. The van der Waals surface area contributed by atoms with Crippen molar-refractivity contribution >= 4 is 22.6 Å². The lowest BCUT2D eigenvalue weighted by Crippen LogP contribution is -2.49. The van der Waals surface area contributed by atoms with Gasteiger partial charge in [0, 0.05) is 5.54 Å². The van der Waals surface area contributed by atoms with E-state index in [-0.39, 0.29) is 9.77 Å². The maximum absolute atomic E-state index is 5.29. The van der Waals surface area contributed by atoms with Gasteiger partial charge in [-0.05, 0) is 42.9 Å². The molecule has 3 heteroatoms. The average Bonchev–Trinajstić information content (AvgIpc) is 1.60. The Kier molecular flexibility index (Phi) is 2.34. The van der Waals surface area contributed by atoms with Gasteiger partial charge in [-0.1, -0.05) is 0 Å². The van der Waals surface area contributed by atoms with E-state index in [1.54, 1.807) is 0 Å². The lowest BCUT2D eigenvalue weighted by atomic mass is 10.0. The largest absolute Gasteiger partial charge is 0.354 e. The predicted octanol–water partition coefficient (Wildman–Crippen LogP) is 1.49. The highest BCUT2D eigenvalue weighted by atomic mass is 127. The monoisotopic (exact) mass is 241 g/mol. The highest BCUT2D eigenvalue weighted by molar-refractivity contribution is 14.1. The second kappa shape index (κ2) is 2.72. The SMILES string of the molecule is CC1(C)CCOC(I)N1. The average molecular weight is 241 g/mol. The number of hydrogen-bond donors (Lipinski definition) is 1. The summed E-state index contributed by atoms with van der Waals surface area (Å²) in [5.74, 6) is 0. The molecule has 0 amide bonds. The molecule has 0 radical (unpaired) electrons. The third-order valence-corrected chi connectivity index (χ3v) is 2.17. The Morgan fingerprint density at radius 3 is 2.67 bits per heavy atom. The van der Waals surface area contributed by atoms with Crippen LogP contribution in [0.3, 0.4) is 0 Å². The zero-order valence-corrected chi connectivity index (χ0v) is 7.94. The molecule has 1 N–H and O–H groups in total. The summed E-state index contributed by atoms with van der Waals surface area (Å²) in [6.07, 6.45) is 1.10. The van der Waals surface area contributed by atoms with E-state index in [2.05, 4.69) is 41.8 Å². The van der Waals surface area contributed by atoms with E-state index >= 15 is 0 Å². The van der Waals surface area contributed by atoms with Crippen molar-refractivity contribution in [3.63, 3.8) is 0 Å². The third-order valence-electron chi connectivity index (χ3n) is 1.50. The van der Waals surface area contributed by atoms with E-state index in [1.165, 1.54) is 0 Å². The Balaban J connectivity index is 2.41. The van der Waals surface area contributed by atoms with Gasteiger partial charge in [0.1, 0.15) is 0 Å². The first kappa shape index (κ1) is 7.75. The standard InChI is InChI=1S/C6H12INO/c1-6(2)3-4-9-5(7)8-6/h5,8H,3-4H2,1-2H3. The summed E-state index contributed by atoms with van der Waals surface area (Å²) in [5, 5.41) is 3.32. The highest BCUT2D eigenvalue weighted by Crippen LogP contribution is 2.18. The van der Waals surface area contributed by atoms with Crippen LogP contribution in [0.25, 0.3) is 0 Å². The van der Waals surface area contributed by atoms with Crippen LogP contribution in [0.15, 0.2) is 0 Å². The summed E-state index contributed by atoms with van der Waals surface area (Å²) in [6, 6.07) is 0. The number of nitrogens with one attached hydrogen (secondary N) is 1. The molecular formula is C6H12INO. The number of halogens is 1. The van der Waals surface area contributed by atoms with E-state index in [1.807, 2.05) is 0 Å². The van der Waals surface area contributed by atoms with Crippen LogP contribution in [-0.2, 0) is 4.74 Å². The fraction of sp³-hybridized carbons (Fsp3) is 1.00. The molecule has 1 rings (SSSR count). The van der Waals surface area contributed by atoms with Gasteiger partial charge in [-0.15, -0.1) is 0 Å². The Bertz CT molecular complexity index is 105. The minimum atomic E-state index is 0.200. The van der Waals surface area contributed by atoms with Crippen LogP contribution in [0.4, 0.5) is 0 Å². The van der Waals surface area contributed by atoms with Crippen LogP contribution in [-0.4, -0.2) is 16.4 Å². The summed E-state index contributed by atoms with van der Waals surface area (Å²) in [5.41, 5.74) is 0.268. The predicted molar refractivity (Wildman–Crippen MR) is 45.6 cm³/mol. The summed E-state index contributed by atoms with van der Waals surface area (Å²) in [4.78, 5) is 0. The molecule has 0 aliphatic carbocycles. The van der Waals surface area contributed by atoms with Gasteiger partial charge in [0.2, 0.25) is 0 Å². The molecule has 0 bridgehead atoms. The molecule has 9 heavy (non-hydrogen) atoms. The minimum absolute atomic E-state index is 0.200. The molecule has 0 aromatic rings. The van der Waals surface area contributed by atoms with Gasteiger partial charge >= 0.3 is 0 Å². The molecule has 0 saturated carbocycles. The molecule has 1 aliphatic rings. The molecule has 1 heterocycles. The summed E-state index contributed by atoms with van der Waals surface area (Å²) in [6.45, 7) is 5.27. The molecule has 1 aliphatic heterocycles. The van der Waals surface area contributed by atoms with Crippen molar-refractivity contribution in [1.82, 2.24) is 5.32 Å². The molecule has 1 saturated heterocycles. The zero-order valence-electron chi connectivity index (χ0n) is 5.78. The number of rotatable bonds is 0. The van der Waals surface area contributed by atoms with Crippen molar-refractivity contribution in [1.29, 1.82) is 0 Å². The van der Waals surface area contributed by atoms with Crippen LogP contribution < -0.4 is 5.32 Å². The first-order valence-corrected chi connectivity index (χ1v) is 4.38. The number of alkyl halides is 1. The smallest absolute Gasteiger partial charge is 0.161 e. The maximum atomic E-state index is 5.29. The quantitative estimate of drug-likeness (QED) is 0.394. The first-order valence-electron chi connectivity index (χ1n) is 3.13. The van der Waals surface area contributed by atoms with Crippen molar-refractivity contribution < 1.29 is 4.74 Å². The van der Waals surface area contributed by atoms with Gasteiger partial charge in [0.05, 0.1) is 6.61 Å². The molecule has 1 unspecified atom stereocenters. The van der Waals surface area contributed by atoms with Gasteiger partial charge < -0.3 is 4.74 Å². The van der Waals surface area contributed by atoms with Crippen LogP contribution in [0.2, 0.25) is 0 Å². The van der Waals surface area contributed by atoms with E-state index in [4.69, 9.17) is 4.74 Å². The highest BCUT2D eigenvalue weighted by Gasteiger charge is 2.25. The summed E-state index contributed by atoms with van der Waals surface area (Å²) in [7, 11) is 0. The van der Waals surface area contributed by atoms with Crippen LogP contribution >= 0.6 is 22.6 Å². The fourth-order valence-electron chi connectivity index (χ4n) is 0.839. The molecular weight excluding hydrogens is 229 g/mol. The Morgan fingerprint density at radius 1 is 1.67 bits per heavy atom. The van der Waals surface area contributed by atoms with E-state index in [9.17, 15) is 0 Å². The van der Waals surface area contributed by atoms with Gasteiger partial charge in [-0.3, -0.25) is 5.32 Å². The second-order valence-electron chi connectivity index (χ2n) is 2.97. The molecule has 0 aromatic carbocycles. The molecule has 54 valence electrons. The van der Waals surface area contributed by atoms with Crippen molar-refractivity contribution in [2.45, 2.75) is 30.0 Å². The summed E-state index contributed by atoms with van der Waals surface area (Å²) < 4.78 is 5.49.